The molecule has 0 fully saturated rings. The first kappa shape index (κ1) is 46.7. The Bertz CT molecular complexity index is 4970. The van der Waals surface area contributed by atoms with E-state index in [9.17, 15) is 0 Å². The molecule has 0 unspecified atom stereocenters. The van der Waals surface area contributed by atoms with Crippen molar-refractivity contribution in [3.8, 4) is 22.3 Å². The van der Waals surface area contributed by atoms with E-state index in [2.05, 4.69) is 272 Å². The lowest BCUT2D eigenvalue weighted by molar-refractivity contribution is 0.590. The van der Waals surface area contributed by atoms with E-state index >= 15 is 0 Å². The van der Waals surface area contributed by atoms with E-state index in [-0.39, 0.29) is 16.2 Å². The lowest BCUT2D eigenvalue weighted by Gasteiger charge is -2.29. The molecule has 0 radical (unpaired) electrons. The van der Waals surface area contributed by atoms with Gasteiger partial charge in [-0.1, -0.05) is 178 Å². The monoisotopic (exact) mass is 1010 g/mol. The van der Waals surface area contributed by atoms with E-state index in [1.807, 2.05) is 0 Å². The Morgan fingerprint density at radius 1 is 0.346 bits per heavy atom. The third-order valence-electron chi connectivity index (χ3n) is 17.4. The molecular formula is C74H63N3O. The normalized spacial score (nSPS) is 13.1. The minimum Gasteiger partial charge on any atom is -0.453 e. The maximum atomic E-state index is 7.32. The van der Waals surface area contributed by atoms with Crippen LogP contribution in [-0.4, -0.2) is 8.80 Å². The van der Waals surface area contributed by atoms with Crippen molar-refractivity contribution >= 4 is 115 Å². The van der Waals surface area contributed by atoms with E-state index in [0.717, 1.165) is 61.3 Å². The van der Waals surface area contributed by atoms with Crippen LogP contribution in [0.25, 0.3) is 120 Å². The van der Waals surface area contributed by atoms with E-state index in [1.54, 1.807) is 0 Å². The second-order valence-electron chi connectivity index (χ2n) is 25.5. The van der Waals surface area contributed by atoms with Crippen molar-refractivity contribution in [2.24, 2.45) is 0 Å². The highest BCUT2D eigenvalue weighted by atomic mass is 16.3. The van der Waals surface area contributed by atoms with Gasteiger partial charge in [0, 0.05) is 70.8 Å². The maximum absolute atomic E-state index is 7.32. The quantitative estimate of drug-likeness (QED) is 0.172. The molecule has 0 aliphatic heterocycles. The fourth-order valence-electron chi connectivity index (χ4n) is 13.2. The molecule has 0 aliphatic carbocycles. The van der Waals surface area contributed by atoms with E-state index in [0.29, 0.717) is 0 Å². The lowest BCUT2D eigenvalue weighted by atomic mass is 9.84. The van der Waals surface area contributed by atoms with Crippen LogP contribution in [0.3, 0.4) is 0 Å². The Labute approximate surface area is 455 Å². The summed E-state index contributed by atoms with van der Waals surface area (Å²) >= 11 is 0. The van der Waals surface area contributed by atoms with Crippen molar-refractivity contribution in [1.82, 2.24) is 8.80 Å². The van der Waals surface area contributed by atoms with Gasteiger partial charge in [0.1, 0.15) is 5.58 Å². The molecule has 4 nitrogen and oxygen atoms in total. The number of hydrogen-bond acceptors (Lipinski definition) is 2. The number of anilines is 3. The summed E-state index contributed by atoms with van der Waals surface area (Å²) in [5, 5.41) is 12.6. The zero-order valence-electron chi connectivity index (χ0n) is 46.6. The molecule has 0 spiro atoms. The molecule has 0 saturated heterocycles. The largest absolute Gasteiger partial charge is 0.453 e. The highest BCUT2D eigenvalue weighted by Crippen LogP contribution is 2.51. The number of nitrogens with zero attached hydrogens (tertiary/aromatic N) is 3. The maximum Gasteiger partial charge on any atom is 0.159 e. The Morgan fingerprint density at radius 2 is 0.859 bits per heavy atom. The first-order chi connectivity index (χ1) is 37.4. The first-order valence-electron chi connectivity index (χ1n) is 27.8. The van der Waals surface area contributed by atoms with Crippen LogP contribution in [0.4, 0.5) is 17.1 Å². The third kappa shape index (κ3) is 6.65. The van der Waals surface area contributed by atoms with Crippen molar-refractivity contribution in [3.05, 3.63) is 210 Å². The summed E-state index contributed by atoms with van der Waals surface area (Å²) in [6, 6.07) is 68.8. The van der Waals surface area contributed by atoms with Crippen LogP contribution in [0.1, 0.15) is 90.1 Å². The molecule has 0 amide bonds. The molecule has 4 heteroatoms. The Kier molecular flexibility index (Phi) is 9.57. The number of fused-ring (bicyclic) bond motifs is 15. The summed E-state index contributed by atoms with van der Waals surface area (Å²) in [6.45, 7) is 25.5. The van der Waals surface area contributed by atoms with Crippen molar-refractivity contribution in [3.63, 3.8) is 0 Å². The van der Waals surface area contributed by atoms with Gasteiger partial charge in [-0.05, 0) is 141 Å². The zero-order chi connectivity index (χ0) is 53.5. The molecule has 0 saturated carbocycles. The molecule has 15 aromatic rings. The van der Waals surface area contributed by atoms with Gasteiger partial charge in [-0.2, -0.15) is 0 Å². The molecule has 0 bridgehead atoms. The van der Waals surface area contributed by atoms with Crippen LogP contribution in [-0.2, 0) is 16.2 Å². The second-order valence-corrected chi connectivity index (χ2v) is 25.5. The van der Waals surface area contributed by atoms with Crippen LogP contribution < -0.4 is 4.90 Å². The van der Waals surface area contributed by atoms with Gasteiger partial charge < -0.3 is 18.1 Å². The topological polar surface area (TPSA) is 25.2 Å². The molecular weight excluding hydrogens is 947 g/mol. The standard InChI is InChI=1S/C74H63N3O/c1-42-25-27-46(44-19-14-12-15-20-44)33-63(42)75(67-43(2)26-30-54-53-24-18-23-51(70(53)78-71(54)67)45-21-16-13-17-22-45)50-29-31-52-58-35-48(73(6,7)8)37-60-57-40-65-56(41-66(57)77(68(58)60)64(52)39-50)61-38-49(74(9,10)11)36-59-55-34-47(72(3,4)5)28-32-62(55)76(65)69(59)61/h12-41H,1-11H3. The molecule has 5 heterocycles. The van der Waals surface area contributed by atoms with Crippen molar-refractivity contribution < 1.29 is 4.42 Å². The van der Waals surface area contributed by atoms with Gasteiger partial charge >= 0.3 is 0 Å². The fourth-order valence-corrected chi connectivity index (χ4v) is 13.2. The smallest absolute Gasteiger partial charge is 0.159 e. The average molecular weight is 1010 g/mol. The number of aryl methyl sites for hydroxylation is 2. The number of benzene rings is 10. The molecule has 0 atom stereocenters. The number of hydrogen-bond donors (Lipinski definition) is 0. The van der Waals surface area contributed by atoms with Crippen molar-refractivity contribution in [2.45, 2.75) is 92.4 Å². The molecule has 380 valence electrons. The van der Waals surface area contributed by atoms with Gasteiger partial charge in [0.15, 0.2) is 5.58 Å². The fraction of sp³-hybridized carbons (Fsp3) is 0.189. The van der Waals surface area contributed by atoms with Crippen LogP contribution in [0.15, 0.2) is 186 Å². The molecule has 15 rings (SSSR count). The minimum absolute atomic E-state index is 0.0315. The Balaban J connectivity index is 1.06. The van der Waals surface area contributed by atoms with E-state index < -0.39 is 0 Å². The molecule has 0 aliphatic rings. The lowest BCUT2D eigenvalue weighted by Crippen LogP contribution is -2.13. The number of rotatable bonds is 5. The van der Waals surface area contributed by atoms with Gasteiger partial charge in [-0.25, -0.2) is 0 Å². The van der Waals surface area contributed by atoms with Gasteiger partial charge in [0.05, 0.1) is 38.8 Å². The van der Waals surface area contributed by atoms with Crippen LogP contribution in [0, 0.1) is 13.8 Å². The Hall–Kier alpha value is -8.60. The van der Waals surface area contributed by atoms with Crippen molar-refractivity contribution in [1.29, 1.82) is 0 Å². The number of furan rings is 1. The summed E-state index contributed by atoms with van der Waals surface area (Å²) in [5.74, 6) is 0. The highest BCUT2D eigenvalue weighted by Gasteiger charge is 2.30. The molecule has 78 heavy (non-hydrogen) atoms. The van der Waals surface area contributed by atoms with Gasteiger partial charge in [0.25, 0.3) is 0 Å². The van der Waals surface area contributed by atoms with Gasteiger partial charge in [0.2, 0.25) is 0 Å². The van der Waals surface area contributed by atoms with E-state index in [1.165, 1.54) is 104 Å². The van der Waals surface area contributed by atoms with Gasteiger partial charge in [-0.15, -0.1) is 0 Å². The Morgan fingerprint density at radius 3 is 1.47 bits per heavy atom. The SMILES string of the molecule is Cc1ccc(-c2ccccc2)cc1N(c1ccc2c3cc(C(C)(C)C)cc4c5cc6c(cc5n(c2c1)c34)c1cc(C(C)(C)C)cc2c3cc(C(C)(C)C)ccc3n6c21)c1c(C)ccc2c1oc1c(-c3ccccc3)cccc12. The molecule has 0 N–H and O–H groups in total. The van der Waals surface area contributed by atoms with E-state index in [4.69, 9.17) is 4.42 Å². The molecule has 10 aromatic carbocycles. The highest BCUT2D eigenvalue weighted by molar-refractivity contribution is 6.29. The zero-order valence-corrected chi connectivity index (χ0v) is 46.6. The summed E-state index contributed by atoms with van der Waals surface area (Å²) < 4.78 is 12.5. The predicted octanol–water partition coefficient (Wildman–Crippen LogP) is 21.2. The van der Waals surface area contributed by atoms with Crippen LogP contribution in [0.2, 0.25) is 0 Å². The third-order valence-corrected chi connectivity index (χ3v) is 17.4. The van der Waals surface area contributed by atoms with Crippen molar-refractivity contribution in [2.75, 3.05) is 4.90 Å². The summed E-state index contributed by atoms with van der Waals surface area (Å²) in [7, 11) is 0. The predicted molar refractivity (Wildman–Crippen MR) is 334 cm³/mol. The second kappa shape index (κ2) is 16.0. The first-order valence-corrected chi connectivity index (χ1v) is 27.8. The summed E-state index contributed by atoms with van der Waals surface area (Å²) in [6.07, 6.45) is 0. The minimum atomic E-state index is -0.0764. The average Bonchev–Trinajstić information content (AvgIpc) is 3.80. The number of para-hydroxylation sites is 1. The summed E-state index contributed by atoms with van der Waals surface area (Å²) in [5.41, 5.74) is 23.3. The molecule has 5 aromatic heterocycles. The number of aromatic nitrogens is 2. The van der Waals surface area contributed by atoms with Gasteiger partial charge in [-0.3, -0.25) is 0 Å². The summed E-state index contributed by atoms with van der Waals surface area (Å²) in [4.78, 5) is 2.49. The van der Waals surface area contributed by atoms with Crippen LogP contribution in [0.5, 0.6) is 0 Å². The van der Waals surface area contributed by atoms with Crippen LogP contribution >= 0.6 is 0 Å².